The van der Waals surface area contributed by atoms with Gasteiger partial charge >= 0.3 is 7.82 Å². The van der Waals surface area contributed by atoms with Crippen LogP contribution < -0.4 is 5.32 Å². The predicted octanol–water partition coefficient (Wildman–Crippen LogP) is 16.4. The van der Waals surface area contributed by atoms with E-state index in [0.29, 0.717) is 23.9 Å². The number of phosphoric ester groups is 1. The fourth-order valence-electron chi connectivity index (χ4n) is 8.31. The maximum absolute atomic E-state index is 13.0. The van der Waals surface area contributed by atoms with Crippen LogP contribution in [0, 0.1) is 0 Å². The molecule has 0 radical (unpaired) electrons. The number of nitrogens with one attached hydrogen (secondary N) is 1. The van der Waals surface area contributed by atoms with Gasteiger partial charge in [-0.25, -0.2) is 4.57 Å². The van der Waals surface area contributed by atoms with Gasteiger partial charge in [-0.05, 0) is 44.9 Å². The Morgan fingerprint density at radius 1 is 0.531 bits per heavy atom. The average Bonchev–Trinajstić information content (AvgIpc) is 3.25. The molecule has 0 aliphatic rings. The quantitative estimate of drug-likeness (QED) is 0.0243. The smallest absolute Gasteiger partial charge is 0.391 e. The molecule has 0 aromatic rings. The van der Waals surface area contributed by atoms with Gasteiger partial charge in [-0.3, -0.25) is 13.8 Å². The lowest BCUT2D eigenvalue weighted by Gasteiger charge is -2.26. The van der Waals surface area contributed by atoms with Gasteiger partial charge < -0.3 is 19.8 Å². The number of rotatable bonds is 51. The number of hydrogen-bond donors (Lipinski definition) is 3. The second kappa shape index (κ2) is 47.1. The minimum atomic E-state index is -4.32. The molecule has 0 aliphatic heterocycles. The summed E-state index contributed by atoms with van der Waals surface area (Å²) in [4.78, 5) is 23.3. The molecular formula is C55H110N2O6P+. The number of likely N-dealkylation sites (N-methyl/N-ethyl adjacent to an activating group) is 1. The third-order valence-electron chi connectivity index (χ3n) is 12.7. The number of carbonyl (C=O) groups is 1. The molecule has 0 aromatic heterocycles. The summed E-state index contributed by atoms with van der Waals surface area (Å²) in [6.45, 7) is 4.91. The lowest BCUT2D eigenvalue weighted by Crippen LogP contribution is -2.46. The molecule has 3 N–H and O–H groups in total. The minimum absolute atomic E-state index is 0.0756. The first-order valence-electron chi connectivity index (χ1n) is 27.7. The maximum atomic E-state index is 13.0. The molecule has 0 saturated carbocycles. The molecule has 3 unspecified atom stereocenters. The number of amides is 1. The topological polar surface area (TPSA) is 105 Å². The summed E-state index contributed by atoms with van der Waals surface area (Å²) in [5.74, 6) is -0.143. The van der Waals surface area contributed by atoms with E-state index in [9.17, 15) is 19.4 Å². The fourth-order valence-corrected chi connectivity index (χ4v) is 9.05. The standard InChI is InChI=1S/C55H109N2O6P/c1-6-8-10-12-14-16-18-20-22-24-26-27-28-29-31-33-35-37-39-41-43-45-47-49-55(59)56-53(52-63-64(60,61)62-51-50-57(3,4)5)54(58)48-46-44-42-40-38-36-34-32-30-25-23-21-19-17-15-13-11-9-7-2/h18,20,24,26,53-54,58H,6-17,19,21-23,25,27-52H2,1-5H3,(H-,56,59,60,61)/p+1/b20-18-,26-24-. The molecule has 0 heterocycles. The summed E-state index contributed by atoms with van der Waals surface area (Å²) in [5, 5.41) is 14.1. The van der Waals surface area contributed by atoms with E-state index in [1.54, 1.807) is 0 Å². The van der Waals surface area contributed by atoms with E-state index in [4.69, 9.17) is 9.05 Å². The SMILES string of the molecule is CCCCCCC/C=C\C/C=C\CCCCCCCCCCCCCC(=O)NC(COP(=O)(O)OCC[N+](C)(C)C)C(O)CCCCCCCCCCCCCCCCCCCCC. The van der Waals surface area contributed by atoms with Gasteiger partial charge in [0, 0.05) is 6.42 Å². The Labute approximate surface area is 398 Å². The number of carbonyl (C=O) groups excluding carboxylic acids is 1. The van der Waals surface area contributed by atoms with E-state index in [0.717, 1.165) is 44.9 Å². The van der Waals surface area contributed by atoms with E-state index in [-0.39, 0.29) is 19.1 Å². The summed E-state index contributed by atoms with van der Waals surface area (Å²) >= 11 is 0. The molecule has 0 saturated heterocycles. The highest BCUT2D eigenvalue weighted by Crippen LogP contribution is 2.43. The molecule has 0 aromatic carbocycles. The fraction of sp³-hybridized carbons (Fsp3) is 0.909. The van der Waals surface area contributed by atoms with Crippen molar-refractivity contribution < 1.29 is 32.9 Å². The molecule has 0 bridgehead atoms. The Hall–Kier alpha value is -1.02. The van der Waals surface area contributed by atoms with Crippen LogP contribution in [-0.2, 0) is 18.4 Å². The van der Waals surface area contributed by atoms with Crippen molar-refractivity contribution in [3.05, 3.63) is 24.3 Å². The number of allylic oxidation sites excluding steroid dienone is 4. The number of quaternary nitrogens is 1. The first-order chi connectivity index (χ1) is 31.0. The number of nitrogens with zero attached hydrogens (tertiary/aromatic N) is 1. The van der Waals surface area contributed by atoms with Gasteiger partial charge in [-0.2, -0.15) is 0 Å². The van der Waals surface area contributed by atoms with Gasteiger partial charge in [0.25, 0.3) is 0 Å². The highest BCUT2D eigenvalue weighted by Gasteiger charge is 2.28. The van der Waals surface area contributed by atoms with Crippen LogP contribution in [0.5, 0.6) is 0 Å². The first-order valence-corrected chi connectivity index (χ1v) is 29.2. The molecule has 0 rings (SSSR count). The first kappa shape index (κ1) is 63.0. The predicted molar refractivity (Wildman–Crippen MR) is 277 cm³/mol. The Morgan fingerprint density at radius 2 is 0.891 bits per heavy atom. The van der Waals surface area contributed by atoms with Gasteiger partial charge in [-0.15, -0.1) is 0 Å². The van der Waals surface area contributed by atoms with Gasteiger partial charge in [-0.1, -0.05) is 244 Å². The van der Waals surface area contributed by atoms with Crippen LogP contribution in [0.4, 0.5) is 0 Å². The van der Waals surface area contributed by atoms with Crippen LogP contribution in [0.3, 0.4) is 0 Å². The Bertz CT molecular complexity index is 1090. The number of aliphatic hydroxyl groups excluding tert-OH is 1. The molecule has 9 heteroatoms. The van der Waals surface area contributed by atoms with Gasteiger partial charge in [0.15, 0.2) is 0 Å². The normalized spacial score (nSPS) is 14.2. The number of aliphatic hydroxyl groups is 1. The molecular weight excluding hydrogens is 816 g/mol. The maximum Gasteiger partial charge on any atom is 0.472 e. The Morgan fingerprint density at radius 3 is 1.28 bits per heavy atom. The van der Waals surface area contributed by atoms with Crippen LogP contribution in [0.15, 0.2) is 24.3 Å². The van der Waals surface area contributed by atoms with Crippen molar-refractivity contribution in [2.45, 2.75) is 283 Å². The number of hydrogen-bond acceptors (Lipinski definition) is 5. The van der Waals surface area contributed by atoms with Crippen molar-refractivity contribution in [2.24, 2.45) is 0 Å². The van der Waals surface area contributed by atoms with E-state index in [1.807, 2.05) is 21.1 Å². The monoisotopic (exact) mass is 926 g/mol. The summed E-state index contributed by atoms with van der Waals surface area (Å²) in [6, 6.07) is -0.760. The molecule has 1 amide bonds. The highest BCUT2D eigenvalue weighted by molar-refractivity contribution is 7.47. The number of unbranched alkanes of at least 4 members (excludes halogenated alkanes) is 34. The Kier molecular flexibility index (Phi) is 46.3. The van der Waals surface area contributed by atoms with Crippen LogP contribution in [0.2, 0.25) is 0 Å². The summed E-state index contributed by atoms with van der Waals surface area (Å²) in [5.41, 5.74) is 0. The Balaban J connectivity index is 4.19. The zero-order valence-electron chi connectivity index (χ0n) is 43.3. The van der Waals surface area contributed by atoms with Crippen molar-refractivity contribution >= 4 is 13.7 Å². The van der Waals surface area contributed by atoms with E-state index >= 15 is 0 Å². The lowest BCUT2D eigenvalue weighted by atomic mass is 10.0. The van der Waals surface area contributed by atoms with Crippen molar-refractivity contribution in [1.29, 1.82) is 0 Å². The molecule has 380 valence electrons. The molecule has 3 atom stereocenters. The summed E-state index contributed by atoms with van der Waals surface area (Å²) in [6.07, 6.45) is 57.9. The van der Waals surface area contributed by atoms with Gasteiger partial charge in [0.1, 0.15) is 13.2 Å². The second-order valence-corrected chi connectivity index (χ2v) is 21.8. The van der Waals surface area contributed by atoms with E-state index in [2.05, 4.69) is 43.5 Å². The summed E-state index contributed by atoms with van der Waals surface area (Å²) < 4.78 is 23.8. The third kappa shape index (κ3) is 48.9. The highest BCUT2D eigenvalue weighted by atomic mass is 31.2. The number of phosphoric acid groups is 1. The lowest BCUT2D eigenvalue weighted by molar-refractivity contribution is -0.870. The summed E-state index contributed by atoms with van der Waals surface area (Å²) in [7, 11) is 1.62. The van der Waals surface area contributed by atoms with Gasteiger partial charge in [0.05, 0.1) is 39.9 Å². The van der Waals surface area contributed by atoms with Crippen LogP contribution in [0.25, 0.3) is 0 Å². The van der Waals surface area contributed by atoms with E-state index in [1.165, 1.54) is 199 Å². The van der Waals surface area contributed by atoms with E-state index < -0.39 is 20.0 Å². The second-order valence-electron chi connectivity index (χ2n) is 20.3. The van der Waals surface area contributed by atoms with Crippen molar-refractivity contribution in [3.8, 4) is 0 Å². The molecule has 0 aliphatic carbocycles. The molecule has 8 nitrogen and oxygen atoms in total. The molecule has 64 heavy (non-hydrogen) atoms. The van der Waals surface area contributed by atoms with Crippen molar-refractivity contribution in [2.75, 3.05) is 40.9 Å². The van der Waals surface area contributed by atoms with Crippen molar-refractivity contribution in [3.63, 3.8) is 0 Å². The zero-order valence-corrected chi connectivity index (χ0v) is 44.2. The van der Waals surface area contributed by atoms with Crippen LogP contribution in [0.1, 0.15) is 271 Å². The van der Waals surface area contributed by atoms with Crippen LogP contribution in [-0.4, -0.2) is 73.4 Å². The van der Waals surface area contributed by atoms with Gasteiger partial charge in [0.2, 0.25) is 5.91 Å². The zero-order chi connectivity index (χ0) is 47.1. The third-order valence-corrected chi connectivity index (χ3v) is 13.7. The average molecular weight is 926 g/mol. The molecule has 0 spiro atoms. The van der Waals surface area contributed by atoms with Crippen molar-refractivity contribution in [1.82, 2.24) is 5.32 Å². The minimum Gasteiger partial charge on any atom is -0.391 e. The largest absolute Gasteiger partial charge is 0.472 e. The molecule has 0 fully saturated rings. The van der Waals surface area contributed by atoms with Crippen LogP contribution >= 0.6 is 7.82 Å².